The lowest BCUT2D eigenvalue weighted by Crippen LogP contribution is -2.14. The monoisotopic (exact) mass is 281 g/mol. The van der Waals surface area contributed by atoms with Gasteiger partial charge in [0.25, 0.3) is 0 Å². The minimum atomic E-state index is -0.305. The molecule has 0 spiro atoms. The molecule has 0 radical (unpaired) electrons. The lowest BCUT2D eigenvalue weighted by atomic mass is 10.3. The second-order valence-corrected chi connectivity index (χ2v) is 5.65. The van der Waals surface area contributed by atoms with Crippen LogP contribution in [0.2, 0.25) is 0 Å². The van der Waals surface area contributed by atoms with Crippen LogP contribution in [0.15, 0.2) is 41.8 Å². The Kier molecular flexibility index (Phi) is 4.78. The fourth-order valence-electron chi connectivity index (χ4n) is 1.37. The van der Waals surface area contributed by atoms with Crippen LogP contribution in [0.1, 0.15) is 4.88 Å². The summed E-state index contributed by atoms with van der Waals surface area (Å²) in [7, 11) is 0. The van der Waals surface area contributed by atoms with Gasteiger partial charge in [0, 0.05) is 16.3 Å². The molecule has 1 aromatic carbocycles. The number of thiophene rings is 1. The van der Waals surface area contributed by atoms with Crippen LogP contribution in [-0.2, 0) is 10.5 Å². The molecule has 0 atom stereocenters. The largest absolute Gasteiger partial charge is 0.325 e. The molecule has 1 heterocycles. The Balaban J connectivity index is 1.73. The molecule has 18 heavy (non-hydrogen) atoms. The van der Waals surface area contributed by atoms with Gasteiger partial charge in [-0.2, -0.15) is 0 Å². The molecule has 0 aliphatic rings. The van der Waals surface area contributed by atoms with Gasteiger partial charge in [0.15, 0.2) is 0 Å². The van der Waals surface area contributed by atoms with Crippen LogP contribution in [0.4, 0.5) is 10.1 Å². The number of carbonyl (C=O) groups is 1. The molecule has 1 aromatic heterocycles. The summed E-state index contributed by atoms with van der Waals surface area (Å²) in [6.45, 7) is 0. The maximum absolute atomic E-state index is 12.7. The number of thioether (sulfide) groups is 1. The number of rotatable bonds is 5. The first kappa shape index (κ1) is 13.1. The molecule has 1 N–H and O–H groups in total. The lowest BCUT2D eigenvalue weighted by Gasteiger charge is -2.04. The van der Waals surface area contributed by atoms with Gasteiger partial charge in [-0.3, -0.25) is 4.79 Å². The van der Waals surface area contributed by atoms with Gasteiger partial charge in [-0.05, 0) is 35.7 Å². The van der Waals surface area contributed by atoms with Crippen molar-refractivity contribution in [2.75, 3.05) is 11.1 Å². The van der Waals surface area contributed by atoms with Gasteiger partial charge in [-0.25, -0.2) is 4.39 Å². The highest BCUT2D eigenvalue weighted by molar-refractivity contribution is 7.99. The van der Waals surface area contributed by atoms with E-state index in [2.05, 4.69) is 11.4 Å². The van der Waals surface area contributed by atoms with Crippen molar-refractivity contribution < 1.29 is 9.18 Å². The molecule has 2 rings (SSSR count). The zero-order valence-electron chi connectivity index (χ0n) is 9.56. The topological polar surface area (TPSA) is 29.1 Å². The molecule has 0 saturated carbocycles. The van der Waals surface area contributed by atoms with Crippen molar-refractivity contribution in [3.63, 3.8) is 0 Å². The molecule has 2 nitrogen and oxygen atoms in total. The summed E-state index contributed by atoms with van der Waals surface area (Å²) in [6, 6.07) is 9.81. The Morgan fingerprint density at radius 1 is 1.28 bits per heavy atom. The number of benzene rings is 1. The highest BCUT2D eigenvalue weighted by Crippen LogP contribution is 2.17. The molecule has 0 fully saturated rings. The Morgan fingerprint density at radius 3 is 2.72 bits per heavy atom. The van der Waals surface area contributed by atoms with Crippen LogP contribution < -0.4 is 5.32 Å². The van der Waals surface area contributed by atoms with E-state index in [9.17, 15) is 9.18 Å². The summed E-state index contributed by atoms with van der Waals surface area (Å²) in [5, 5.41) is 4.75. The molecular formula is C13H12FNOS2. The molecule has 0 aliphatic carbocycles. The minimum Gasteiger partial charge on any atom is -0.325 e. The van der Waals surface area contributed by atoms with Crippen LogP contribution in [0.25, 0.3) is 0 Å². The summed E-state index contributed by atoms with van der Waals surface area (Å²) in [5.74, 6) is 0.868. The molecule has 5 heteroatoms. The Bertz CT molecular complexity index is 496. The lowest BCUT2D eigenvalue weighted by molar-refractivity contribution is -0.113. The molecule has 0 bridgehead atoms. The number of hydrogen-bond acceptors (Lipinski definition) is 3. The molecule has 2 aromatic rings. The highest BCUT2D eigenvalue weighted by atomic mass is 32.2. The predicted octanol–water partition coefficient (Wildman–Crippen LogP) is 3.76. The van der Waals surface area contributed by atoms with E-state index < -0.39 is 0 Å². The van der Waals surface area contributed by atoms with Crippen molar-refractivity contribution in [1.82, 2.24) is 0 Å². The third kappa shape index (κ3) is 4.16. The van der Waals surface area contributed by atoms with Gasteiger partial charge >= 0.3 is 0 Å². The van der Waals surface area contributed by atoms with Crippen molar-refractivity contribution in [2.45, 2.75) is 5.75 Å². The fourth-order valence-corrected chi connectivity index (χ4v) is 3.04. The van der Waals surface area contributed by atoms with E-state index in [1.54, 1.807) is 35.2 Å². The standard InChI is InChI=1S/C13H12FNOS2/c14-10-3-5-11(6-4-10)15-13(16)9-17-8-12-2-1-7-18-12/h1-7H,8-9H2,(H,15,16). The van der Waals surface area contributed by atoms with Crippen molar-refractivity contribution in [2.24, 2.45) is 0 Å². The maximum atomic E-state index is 12.7. The number of nitrogens with one attached hydrogen (secondary N) is 1. The molecular weight excluding hydrogens is 269 g/mol. The third-order valence-corrected chi connectivity index (χ3v) is 4.23. The van der Waals surface area contributed by atoms with Crippen LogP contribution in [0.5, 0.6) is 0 Å². The molecule has 1 amide bonds. The second-order valence-electron chi connectivity index (χ2n) is 3.63. The second kappa shape index (κ2) is 6.56. The van der Waals surface area contributed by atoms with E-state index >= 15 is 0 Å². The van der Waals surface area contributed by atoms with Crippen molar-refractivity contribution in [3.05, 3.63) is 52.5 Å². The molecule has 0 unspecified atom stereocenters. The van der Waals surface area contributed by atoms with E-state index in [-0.39, 0.29) is 11.7 Å². The normalized spacial score (nSPS) is 10.3. The predicted molar refractivity (Wildman–Crippen MR) is 75.5 cm³/mol. The van der Waals surface area contributed by atoms with Crippen LogP contribution in [0.3, 0.4) is 0 Å². The first-order valence-corrected chi connectivity index (χ1v) is 7.43. The quantitative estimate of drug-likeness (QED) is 0.904. The van der Waals surface area contributed by atoms with Crippen molar-refractivity contribution in [1.29, 1.82) is 0 Å². The summed E-state index contributed by atoms with van der Waals surface area (Å²) >= 11 is 3.25. The van der Waals surface area contributed by atoms with Crippen LogP contribution >= 0.6 is 23.1 Å². The fraction of sp³-hybridized carbons (Fsp3) is 0.154. The van der Waals surface area contributed by atoms with E-state index in [1.807, 2.05) is 11.4 Å². The zero-order valence-corrected chi connectivity index (χ0v) is 11.2. The van der Waals surface area contributed by atoms with E-state index in [1.165, 1.54) is 17.0 Å². The van der Waals surface area contributed by atoms with Gasteiger partial charge in [-0.15, -0.1) is 23.1 Å². The number of anilines is 1. The van der Waals surface area contributed by atoms with E-state index in [0.717, 1.165) is 5.75 Å². The zero-order chi connectivity index (χ0) is 12.8. The summed E-state index contributed by atoms with van der Waals surface area (Å²) < 4.78 is 12.7. The maximum Gasteiger partial charge on any atom is 0.234 e. The average Bonchev–Trinajstić information content (AvgIpc) is 2.85. The number of halogens is 1. The summed E-state index contributed by atoms with van der Waals surface area (Å²) in [6.07, 6.45) is 0. The molecule has 94 valence electrons. The summed E-state index contributed by atoms with van der Waals surface area (Å²) in [4.78, 5) is 12.9. The number of hydrogen-bond donors (Lipinski definition) is 1. The van der Waals surface area contributed by atoms with E-state index in [4.69, 9.17) is 0 Å². The van der Waals surface area contributed by atoms with Gasteiger partial charge in [0.2, 0.25) is 5.91 Å². The summed E-state index contributed by atoms with van der Waals surface area (Å²) in [5.41, 5.74) is 0.623. The minimum absolute atomic E-state index is 0.0665. The third-order valence-electron chi connectivity index (χ3n) is 2.19. The smallest absolute Gasteiger partial charge is 0.234 e. The van der Waals surface area contributed by atoms with Gasteiger partial charge in [0.05, 0.1) is 5.75 Å². The number of amides is 1. The molecule has 0 aliphatic heterocycles. The van der Waals surface area contributed by atoms with Gasteiger partial charge in [-0.1, -0.05) is 6.07 Å². The van der Waals surface area contributed by atoms with Crippen molar-refractivity contribution in [3.8, 4) is 0 Å². The first-order chi connectivity index (χ1) is 8.74. The SMILES string of the molecule is O=C(CSCc1cccs1)Nc1ccc(F)cc1. The Hall–Kier alpha value is -1.33. The first-order valence-electron chi connectivity index (χ1n) is 5.39. The van der Waals surface area contributed by atoms with Crippen LogP contribution in [0, 0.1) is 5.82 Å². The number of carbonyl (C=O) groups excluding carboxylic acids is 1. The average molecular weight is 281 g/mol. The van der Waals surface area contributed by atoms with Gasteiger partial charge < -0.3 is 5.32 Å². The van der Waals surface area contributed by atoms with Gasteiger partial charge in [0.1, 0.15) is 5.82 Å². The van der Waals surface area contributed by atoms with Crippen LogP contribution in [-0.4, -0.2) is 11.7 Å². The highest BCUT2D eigenvalue weighted by Gasteiger charge is 2.03. The van der Waals surface area contributed by atoms with E-state index in [0.29, 0.717) is 11.4 Å². The molecule has 0 saturated heterocycles. The Morgan fingerprint density at radius 2 is 2.06 bits per heavy atom. The Labute approximate surface area is 113 Å². The van der Waals surface area contributed by atoms with Crippen molar-refractivity contribution >= 4 is 34.7 Å².